The van der Waals surface area contributed by atoms with E-state index in [-0.39, 0.29) is 30.8 Å². The second-order valence-electron chi connectivity index (χ2n) is 4.74. The summed E-state index contributed by atoms with van der Waals surface area (Å²) in [6.07, 6.45) is 3.49. The van der Waals surface area contributed by atoms with Gasteiger partial charge in [0, 0.05) is 12.6 Å². The van der Waals surface area contributed by atoms with E-state index in [0.29, 0.717) is 6.54 Å². The number of nitrogens with zero attached hydrogens (tertiary/aromatic N) is 1. The Morgan fingerprint density at radius 1 is 1.41 bits per heavy atom. The molecule has 0 aromatic carbocycles. The Labute approximate surface area is 104 Å². The molecule has 0 aromatic rings. The first-order valence-corrected chi connectivity index (χ1v) is 6.70. The Balaban J connectivity index is 2.65. The van der Waals surface area contributed by atoms with E-state index in [2.05, 4.69) is 13.8 Å². The molecule has 4 heteroatoms. The molecule has 0 radical (unpaired) electrons. The van der Waals surface area contributed by atoms with Gasteiger partial charge in [0.25, 0.3) is 5.91 Å². The van der Waals surface area contributed by atoms with Crippen LogP contribution in [0.2, 0.25) is 0 Å². The molecule has 0 bridgehead atoms. The van der Waals surface area contributed by atoms with E-state index in [1.54, 1.807) is 4.90 Å². The maximum atomic E-state index is 12.3. The molecule has 1 aliphatic rings. The molecule has 1 aliphatic heterocycles. The summed E-state index contributed by atoms with van der Waals surface area (Å²) in [5, 5.41) is 9.09. The number of aliphatic hydroxyl groups is 1. The van der Waals surface area contributed by atoms with Gasteiger partial charge in [0.1, 0.15) is 6.10 Å². The van der Waals surface area contributed by atoms with Gasteiger partial charge in [-0.05, 0) is 32.6 Å². The van der Waals surface area contributed by atoms with E-state index in [9.17, 15) is 4.79 Å². The van der Waals surface area contributed by atoms with Crippen LogP contribution in [0.25, 0.3) is 0 Å². The van der Waals surface area contributed by atoms with Crippen LogP contribution in [0, 0.1) is 0 Å². The predicted molar refractivity (Wildman–Crippen MR) is 66.7 cm³/mol. The monoisotopic (exact) mass is 243 g/mol. The Morgan fingerprint density at radius 3 is 2.47 bits per heavy atom. The molecule has 100 valence electrons. The minimum atomic E-state index is -0.294. The molecule has 4 nitrogen and oxygen atoms in total. The van der Waals surface area contributed by atoms with Crippen LogP contribution in [0.15, 0.2) is 0 Å². The SMILES string of the molecule is CCC(CC)N(CCO)C(=O)C1CCC(C)O1. The number of ether oxygens (including phenoxy) is 1. The Bertz CT molecular complexity index is 241. The number of hydrogen-bond acceptors (Lipinski definition) is 3. The zero-order valence-electron chi connectivity index (χ0n) is 11.2. The van der Waals surface area contributed by atoms with Crippen LogP contribution in [0.1, 0.15) is 46.5 Å². The highest BCUT2D eigenvalue weighted by molar-refractivity contribution is 5.81. The van der Waals surface area contributed by atoms with Crippen molar-refractivity contribution in [3.8, 4) is 0 Å². The average Bonchev–Trinajstić information content (AvgIpc) is 2.75. The molecule has 1 fully saturated rings. The summed E-state index contributed by atoms with van der Waals surface area (Å²) in [6.45, 7) is 6.58. The third-order valence-corrected chi connectivity index (χ3v) is 3.51. The fourth-order valence-corrected chi connectivity index (χ4v) is 2.48. The van der Waals surface area contributed by atoms with E-state index in [1.165, 1.54) is 0 Å². The molecular formula is C13H25NO3. The summed E-state index contributed by atoms with van der Waals surface area (Å²) in [5.41, 5.74) is 0. The zero-order chi connectivity index (χ0) is 12.8. The lowest BCUT2D eigenvalue weighted by Gasteiger charge is -2.32. The van der Waals surface area contributed by atoms with Crippen molar-refractivity contribution in [1.29, 1.82) is 0 Å². The Hall–Kier alpha value is -0.610. The van der Waals surface area contributed by atoms with Crippen molar-refractivity contribution in [3.63, 3.8) is 0 Å². The summed E-state index contributed by atoms with van der Waals surface area (Å²) in [4.78, 5) is 14.1. The molecule has 1 amide bonds. The highest BCUT2D eigenvalue weighted by Gasteiger charge is 2.33. The van der Waals surface area contributed by atoms with Crippen LogP contribution >= 0.6 is 0 Å². The van der Waals surface area contributed by atoms with Gasteiger partial charge in [0.15, 0.2) is 0 Å². The van der Waals surface area contributed by atoms with Gasteiger partial charge in [0.2, 0.25) is 0 Å². The Morgan fingerprint density at radius 2 is 2.06 bits per heavy atom. The lowest BCUT2D eigenvalue weighted by atomic mass is 10.1. The van der Waals surface area contributed by atoms with Crippen molar-refractivity contribution in [1.82, 2.24) is 4.90 Å². The van der Waals surface area contributed by atoms with Crippen LogP contribution in [-0.2, 0) is 9.53 Å². The number of carbonyl (C=O) groups excluding carboxylic acids is 1. The van der Waals surface area contributed by atoms with Crippen molar-refractivity contribution in [3.05, 3.63) is 0 Å². The second-order valence-corrected chi connectivity index (χ2v) is 4.74. The van der Waals surface area contributed by atoms with E-state index < -0.39 is 0 Å². The molecule has 2 atom stereocenters. The summed E-state index contributed by atoms with van der Waals surface area (Å²) in [7, 11) is 0. The van der Waals surface area contributed by atoms with Crippen molar-refractivity contribution < 1.29 is 14.6 Å². The van der Waals surface area contributed by atoms with E-state index in [0.717, 1.165) is 25.7 Å². The van der Waals surface area contributed by atoms with Crippen LogP contribution in [-0.4, -0.2) is 47.3 Å². The molecule has 0 aromatic heterocycles. The maximum absolute atomic E-state index is 12.3. The van der Waals surface area contributed by atoms with Crippen molar-refractivity contribution >= 4 is 5.91 Å². The zero-order valence-corrected chi connectivity index (χ0v) is 11.2. The van der Waals surface area contributed by atoms with Crippen LogP contribution in [0.3, 0.4) is 0 Å². The van der Waals surface area contributed by atoms with Crippen LogP contribution in [0.4, 0.5) is 0 Å². The number of amides is 1. The van der Waals surface area contributed by atoms with Gasteiger partial charge in [-0.15, -0.1) is 0 Å². The lowest BCUT2D eigenvalue weighted by Crippen LogP contribution is -2.46. The number of aliphatic hydroxyl groups excluding tert-OH is 1. The topological polar surface area (TPSA) is 49.8 Å². The van der Waals surface area contributed by atoms with Gasteiger partial charge in [-0.1, -0.05) is 13.8 Å². The minimum Gasteiger partial charge on any atom is -0.395 e. The first-order chi connectivity index (χ1) is 8.13. The average molecular weight is 243 g/mol. The summed E-state index contributed by atoms with van der Waals surface area (Å²) in [5.74, 6) is 0.0529. The van der Waals surface area contributed by atoms with Crippen LogP contribution < -0.4 is 0 Å². The molecule has 1 rings (SSSR count). The van der Waals surface area contributed by atoms with Gasteiger partial charge in [0.05, 0.1) is 12.7 Å². The first-order valence-electron chi connectivity index (χ1n) is 6.70. The van der Waals surface area contributed by atoms with Gasteiger partial charge in [-0.25, -0.2) is 0 Å². The molecular weight excluding hydrogens is 218 g/mol. The Kier molecular flexibility index (Phi) is 5.92. The predicted octanol–water partition coefficient (Wildman–Crippen LogP) is 1.56. The van der Waals surface area contributed by atoms with E-state index >= 15 is 0 Å². The van der Waals surface area contributed by atoms with Gasteiger partial charge in [-0.2, -0.15) is 0 Å². The largest absolute Gasteiger partial charge is 0.395 e. The maximum Gasteiger partial charge on any atom is 0.252 e. The van der Waals surface area contributed by atoms with Gasteiger partial charge in [-0.3, -0.25) is 4.79 Å². The van der Waals surface area contributed by atoms with E-state index in [1.807, 2.05) is 6.92 Å². The van der Waals surface area contributed by atoms with E-state index in [4.69, 9.17) is 9.84 Å². The minimum absolute atomic E-state index is 0.0184. The second kappa shape index (κ2) is 6.97. The third kappa shape index (κ3) is 3.68. The molecule has 1 heterocycles. The highest BCUT2D eigenvalue weighted by atomic mass is 16.5. The van der Waals surface area contributed by atoms with Crippen molar-refractivity contribution in [2.45, 2.75) is 64.7 Å². The molecule has 17 heavy (non-hydrogen) atoms. The number of hydrogen-bond donors (Lipinski definition) is 1. The summed E-state index contributed by atoms with van der Waals surface area (Å²) < 4.78 is 5.62. The third-order valence-electron chi connectivity index (χ3n) is 3.51. The van der Waals surface area contributed by atoms with Gasteiger partial charge >= 0.3 is 0 Å². The quantitative estimate of drug-likeness (QED) is 0.770. The van der Waals surface area contributed by atoms with Crippen molar-refractivity contribution in [2.24, 2.45) is 0 Å². The molecule has 0 spiro atoms. The fourth-order valence-electron chi connectivity index (χ4n) is 2.48. The summed E-state index contributed by atoms with van der Waals surface area (Å²) in [6, 6.07) is 0.217. The molecule has 0 saturated carbocycles. The molecule has 0 aliphatic carbocycles. The number of carbonyl (C=O) groups is 1. The fraction of sp³-hybridized carbons (Fsp3) is 0.923. The summed E-state index contributed by atoms with van der Waals surface area (Å²) >= 11 is 0. The van der Waals surface area contributed by atoms with Crippen LogP contribution in [0.5, 0.6) is 0 Å². The molecule has 1 N–H and O–H groups in total. The lowest BCUT2D eigenvalue weighted by molar-refractivity contribution is -0.145. The molecule has 2 unspecified atom stereocenters. The standard InChI is InChI=1S/C13H25NO3/c1-4-11(5-2)14(8-9-15)13(16)12-7-6-10(3)17-12/h10-12,15H,4-9H2,1-3H3. The first kappa shape index (κ1) is 14.5. The smallest absolute Gasteiger partial charge is 0.252 e. The van der Waals surface area contributed by atoms with Crippen molar-refractivity contribution in [2.75, 3.05) is 13.2 Å². The number of rotatable bonds is 6. The van der Waals surface area contributed by atoms with Gasteiger partial charge < -0.3 is 14.7 Å². The molecule has 1 saturated heterocycles. The highest BCUT2D eigenvalue weighted by Crippen LogP contribution is 2.22. The normalized spacial score (nSPS) is 24.3.